The van der Waals surface area contributed by atoms with Crippen LogP contribution in [0.5, 0.6) is 17.2 Å². The van der Waals surface area contributed by atoms with E-state index < -0.39 is 29.8 Å². The van der Waals surface area contributed by atoms with Gasteiger partial charge in [0.2, 0.25) is 11.9 Å². The zero-order valence-electron chi connectivity index (χ0n) is 34.0. The van der Waals surface area contributed by atoms with Crippen LogP contribution in [0, 0.1) is 0 Å². The zero-order chi connectivity index (χ0) is 42.1. The van der Waals surface area contributed by atoms with Crippen molar-refractivity contribution in [1.29, 1.82) is 0 Å². The molecule has 5 aromatic rings. The Balaban J connectivity index is 1.26. The molecule has 4 aromatic carbocycles. The van der Waals surface area contributed by atoms with E-state index >= 15 is 0 Å². The lowest BCUT2D eigenvalue weighted by Crippen LogP contribution is -2.53. The molecule has 15 heteroatoms. The molecular formula is C44H51N7O8. The number of ether oxygens (including phenoxy) is 4. The highest BCUT2D eigenvalue weighted by atomic mass is 16.5. The van der Waals surface area contributed by atoms with Gasteiger partial charge in [-0.05, 0) is 55.7 Å². The van der Waals surface area contributed by atoms with E-state index in [1.807, 2.05) is 111 Å². The summed E-state index contributed by atoms with van der Waals surface area (Å²) in [6.45, 7) is 6.88. The van der Waals surface area contributed by atoms with E-state index in [9.17, 15) is 19.5 Å². The molecule has 4 N–H and O–H groups in total. The van der Waals surface area contributed by atoms with Crippen molar-refractivity contribution in [3.63, 3.8) is 0 Å². The van der Waals surface area contributed by atoms with Gasteiger partial charge in [0.15, 0.2) is 11.5 Å². The van der Waals surface area contributed by atoms with Gasteiger partial charge in [0.05, 0.1) is 44.8 Å². The summed E-state index contributed by atoms with van der Waals surface area (Å²) >= 11 is 0. The molecule has 1 fully saturated rings. The molecule has 3 amide bonds. The van der Waals surface area contributed by atoms with E-state index in [-0.39, 0.29) is 44.4 Å². The predicted octanol–water partition coefficient (Wildman–Crippen LogP) is 6.83. The van der Waals surface area contributed by atoms with Crippen molar-refractivity contribution in [1.82, 2.24) is 25.1 Å². The highest BCUT2D eigenvalue weighted by Crippen LogP contribution is 2.38. The molecule has 0 saturated carbocycles. The minimum atomic E-state index is -1.11. The number of nitrogens with two attached hydrogens (primary N) is 1. The van der Waals surface area contributed by atoms with Crippen molar-refractivity contribution in [2.24, 2.45) is 0 Å². The maximum atomic E-state index is 14.4. The summed E-state index contributed by atoms with van der Waals surface area (Å²) in [6, 6.07) is 28.4. The van der Waals surface area contributed by atoms with Gasteiger partial charge in [0.25, 0.3) is 0 Å². The number of rotatable bonds is 14. The van der Waals surface area contributed by atoms with Gasteiger partial charge in [-0.15, -0.1) is 0 Å². The number of methoxy groups -OCH3 is 2. The number of amides is 3. The highest BCUT2D eigenvalue weighted by Gasteiger charge is 2.38. The number of anilines is 2. The molecule has 15 nitrogen and oxygen atoms in total. The number of benzene rings is 4. The fourth-order valence-electron chi connectivity index (χ4n) is 7.25. The monoisotopic (exact) mass is 805 g/mol. The second kappa shape index (κ2) is 18.7. The number of carbonyl (C=O) groups excluding carboxylic acids is 2. The van der Waals surface area contributed by atoms with Gasteiger partial charge in [-0.2, -0.15) is 4.98 Å². The number of nitrogens with one attached hydrogen (secondary N) is 1. The molecule has 2 atom stereocenters. The summed E-state index contributed by atoms with van der Waals surface area (Å²) < 4.78 is 22.4. The molecule has 1 unspecified atom stereocenters. The second-order valence-electron chi connectivity index (χ2n) is 15.0. The average molecular weight is 806 g/mol. The topological polar surface area (TPSA) is 182 Å². The minimum Gasteiger partial charge on any atom is -0.493 e. The lowest BCUT2D eigenvalue weighted by Gasteiger charge is -2.43. The first-order chi connectivity index (χ1) is 28.4. The van der Waals surface area contributed by atoms with Crippen molar-refractivity contribution < 1.29 is 38.4 Å². The predicted molar refractivity (Wildman–Crippen MR) is 224 cm³/mol. The number of fused-ring (bicyclic) bond motifs is 1. The Bertz CT molecular complexity index is 2240. The molecular weight excluding hydrogens is 755 g/mol. The number of alkyl carbamates (subject to hydrolysis) is 1. The van der Waals surface area contributed by atoms with Gasteiger partial charge in [-0.1, -0.05) is 72.8 Å². The molecule has 2 heterocycles. The molecule has 6 rings (SSSR count). The SMILES string of the molecule is COc1cc2nc(N3CCN(C(=O)C[C@H](c4ccccc4)N(C(=O)O)C(C)(C)C)CC3c3cccc(OCCNC(=O)OCc4ccccc4)c3)nc(N)c2cc1OC. The summed E-state index contributed by atoms with van der Waals surface area (Å²) in [5.74, 6) is 1.93. The van der Waals surface area contributed by atoms with Crippen LogP contribution in [0.15, 0.2) is 97.1 Å². The molecule has 1 aliphatic rings. The molecule has 0 spiro atoms. The lowest BCUT2D eigenvalue weighted by molar-refractivity contribution is -0.133. The maximum absolute atomic E-state index is 14.4. The number of nitrogens with zero attached hydrogens (tertiary/aromatic N) is 5. The standard InChI is InChI=1S/C44H51N7O8/c1-44(2,3)51(43(54)55)35(30-15-10-7-11-16-30)26-39(52)49-20-21-50(41-47-34-25-38(57-5)37(56-4)24-33(34)40(45)48-41)36(27-49)31-17-12-18-32(23-31)58-22-19-46-42(53)59-28-29-13-8-6-9-14-29/h6-18,23-25,35-36H,19-22,26-28H2,1-5H3,(H,46,53)(H,54,55)(H2,45,47,48)/t35-,36?/m1/s1. The Labute approximate surface area is 343 Å². The van der Waals surface area contributed by atoms with Gasteiger partial charge in [0.1, 0.15) is 24.8 Å². The minimum absolute atomic E-state index is 0.0642. The normalized spacial score (nSPS) is 14.6. The first kappa shape index (κ1) is 41.9. The molecule has 0 radical (unpaired) electrons. The van der Waals surface area contributed by atoms with Gasteiger partial charge >= 0.3 is 12.2 Å². The van der Waals surface area contributed by atoms with E-state index in [0.717, 1.165) is 16.7 Å². The van der Waals surface area contributed by atoms with Crippen molar-refractivity contribution in [3.8, 4) is 17.2 Å². The zero-order valence-corrected chi connectivity index (χ0v) is 34.0. The number of hydrogen-bond donors (Lipinski definition) is 3. The van der Waals surface area contributed by atoms with Crippen LogP contribution in [-0.2, 0) is 16.1 Å². The number of carboxylic acid groups (broad SMARTS) is 1. The number of piperazine rings is 1. The third-order valence-corrected chi connectivity index (χ3v) is 10.1. The van der Waals surface area contributed by atoms with Crippen LogP contribution in [0.3, 0.4) is 0 Å². The van der Waals surface area contributed by atoms with Crippen LogP contribution in [0.25, 0.3) is 10.9 Å². The molecule has 1 saturated heterocycles. The smallest absolute Gasteiger partial charge is 0.408 e. The van der Waals surface area contributed by atoms with Crippen molar-refractivity contribution in [2.75, 3.05) is 57.6 Å². The molecule has 0 bridgehead atoms. The van der Waals surface area contributed by atoms with Crippen LogP contribution < -0.4 is 30.2 Å². The summed E-state index contributed by atoms with van der Waals surface area (Å²) in [4.78, 5) is 54.2. The fraction of sp³-hybridized carbons (Fsp3) is 0.341. The van der Waals surface area contributed by atoms with Gasteiger partial charge < -0.3 is 44.9 Å². The Morgan fingerprint density at radius 1 is 0.915 bits per heavy atom. The number of carbonyl (C=O) groups is 3. The summed E-state index contributed by atoms with van der Waals surface area (Å²) in [7, 11) is 3.09. The average Bonchev–Trinajstić information content (AvgIpc) is 3.23. The summed E-state index contributed by atoms with van der Waals surface area (Å²) in [6.07, 6.45) is -1.73. The van der Waals surface area contributed by atoms with Gasteiger partial charge in [0, 0.05) is 36.6 Å². The van der Waals surface area contributed by atoms with Crippen molar-refractivity contribution in [3.05, 3.63) is 114 Å². The maximum Gasteiger partial charge on any atom is 0.408 e. The summed E-state index contributed by atoms with van der Waals surface area (Å²) in [5, 5.41) is 13.7. The molecule has 59 heavy (non-hydrogen) atoms. The second-order valence-corrected chi connectivity index (χ2v) is 15.0. The van der Waals surface area contributed by atoms with E-state index in [1.165, 1.54) is 4.90 Å². The first-order valence-corrected chi connectivity index (χ1v) is 19.3. The van der Waals surface area contributed by atoms with E-state index in [2.05, 4.69) is 5.32 Å². The van der Waals surface area contributed by atoms with Crippen LogP contribution in [0.2, 0.25) is 0 Å². The van der Waals surface area contributed by atoms with Crippen LogP contribution in [0.1, 0.15) is 56.0 Å². The van der Waals surface area contributed by atoms with Crippen LogP contribution in [-0.4, -0.2) is 95.5 Å². The Morgan fingerprint density at radius 3 is 2.29 bits per heavy atom. The number of nitrogen functional groups attached to an aromatic ring is 1. The van der Waals surface area contributed by atoms with E-state index in [1.54, 1.807) is 31.3 Å². The largest absolute Gasteiger partial charge is 0.493 e. The van der Waals surface area contributed by atoms with E-state index in [4.69, 9.17) is 34.6 Å². The molecule has 1 aromatic heterocycles. The first-order valence-electron chi connectivity index (χ1n) is 19.3. The third-order valence-electron chi connectivity index (χ3n) is 10.1. The van der Waals surface area contributed by atoms with Crippen molar-refractivity contribution in [2.45, 2.75) is 51.4 Å². The Morgan fingerprint density at radius 2 is 1.61 bits per heavy atom. The third kappa shape index (κ3) is 10.2. The number of aromatic nitrogens is 2. The molecule has 0 aliphatic carbocycles. The van der Waals surface area contributed by atoms with E-state index in [0.29, 0.717) is 47.2 Å². The Hall–Kier alpha value is -6.77. The fourth-order valence-corrected chi connectivity index (χ4v) is 7.25. The molecule has 310 valence electrons. The lowest BCUT2D eigenvalue weighted by atomic mass is 9.95. The Kier molecular flexibility index (Phi) is 13.2. The van der Waals surface area contributed by atoms with Crippen LogP contribution in [0.4, 0.5) is 21.4 Å². The molecule has 1 aliphatic heterocycles. The summed E-state index contributed by atoms with van der Waals surface area (Å²) in [5.41, 5.74) is 8.73. The van der Waals surface area contributed by atoms with Crippen LogP contribution >= 0.6 is 0 Å². The van der Waals surface area contributed by atoms with Gasteiger partial charge in [-0.3, -0.25) is 9.69 Å². The van der Waals surface area contributed by atoms with Gasteiger partial charge in [-0.25, -0.2) is 14.6 Å². The van der Waals surface area contributed by atoms with Crippen molar-refractivity contribution >= 4 is 40.8 Å². The number of hydrogen-bond acceptors (Lipinski definition) is 11. The highest BCUT2D eigenvalue weighted by molar-refractivity contribution is 5.92. The quantitative estimate of drug-likeness (QED) is 0.0997.